The van der Waals surface area contributed by atoms with Crippen molar-refractivity contribution in [2.45, 2.75) is 36.6 Å². The van der Waals surface area contributed by atoms with Gasteiger partial charge in [0.15, 0.2) is 17.0 Å². The van der Waals surface area contributed by atoms with E-state index in [2.05, 4.69) is 42.5 Å². The monoisotopic (exact) mass is 448 g/mol. The van der Waals surface area contributed by atoms with E-state index in [-0.39, 0.29) is 0 Å². The number of ether oxygens (including phenoxy) is 2. The summed E-state index contributed by atoms with van der Waals surface area (Å²) in [6.45, 7) is 1.25. The maximum absolute atomic E-state index is 14.0. The number of hydrogen-bond donors (Lipinski definition) is 0. The number of benzene rings is 2. The number of thiophene rings is 1. The Balaban J connectivity index is 1.16. The van der Waals surface area contributed by atoms with Crippen LogP contribution in [0.1, 0.15) is 39.8 Å². The molecule has 0 saturated heterocycles. The quantitative estimate of drug-likeness (QED) is 0.434. The lowest BCUT2D eigenvalue weighted by Gasteiger charge is -2.41. The molecule has 0 radical (unpaired) electrons. The van der Waals surface area contributed by atoms with Crippen LogP contribution in [0.5, 0.6) is 11.5 Å². The lowest BCUT2D eigenvalue weighted by atomic mass is 9.65. The highest BCUT2D eigenvalue weighted by molar-refractivity contribution is 8.03. The number of allylic oxidation sites excluding steroid dienone is 4. The van der Waals surface area contributed by atoms with Gasteiger partial charge in [-0.2, -0.15) is 0 Å². The highest BCUT2D eigenvalue weighted by Crippen LogP contribution is 2.62. The molecule has 2 aliphatic carbocycles. The van der Waals surface area contributed by atoms with Gasteiger partial charge in [0, 0.05) is 27.8 Å². The molecule has 5 heteroatoms. The number of thioether (sulfide) groups is 1. The van der Waals surface area contributed by atoms with Crippen LogP contribution in [0.4, 0.5) is 4.39 Å². The van der Waals surface area contributed by atoms with Crippen molar-refractivity contribution in [3.63, 3.8) is 0 Å². The standard InChI is InChI=1S/C26H21FO2S2/c27-22-13-16-4-7-19-23-18(24(19)26(16)31-22)6-3-15-12-17(30-25(15)23)5-1-14-2-8-20-21(11-14)29-10-9-28-20/h2-4,6-8,11-12,19,22,24H,1,5,9-10,13H2. The number of aryl methyl sites for hydroxylation is 2. The zero-order valence-corrected chi connectivity index (χ0v) is 18.5. The Bertz CT molecular complexity index is 1290. The smallest absolute Gasteiger partial charge is 0.161 e. The van der Waals surface area contributed by atoms with Crippen molar-refractivity contribution in [2.75, 3.05) is 13.2 Å². The third-order valence-electron chi connectivity index (χ3n) is 6.84. The topological polar surface area (TPSA) is 18.5 Å². The Kier molecular flexibility index (Phi) is 4.07. The van der Waals surface area contributed by atoms with Crippen molar-refractivity contribution >= 4 is 33.2 Å². The number of rotatable bonds is 3. The van der Waals surface area contributed by atoms with Crippen molar-refractivity contribution in [3.8, 4) is 11.5 Å². The minimum atomic E-state index is -0.768. The van der Waals surface area contributed by atoms with Crippen LogP contribution in [-0.4, -0.2) is 18.7 Å². The molecule has 0 N–H and O–H groups in total. The Labute approximate surface area is 188 Å². The largest absolute Gasteiger partial charge is 0.486 e. The van der Waals surface area contributed by atoms with Gasteiger partial charge in [-0.3, -0.25) is 0 Å². The summed E-state index contributed by atoms with van der Waals surface area (Å²) in [7, 11) is 0. The predicted octanol–water partition coefficient (Wildman–Crippen LogP) is 6.89. The van der Waals surface area contributed by atoms with Crippen LogP contribution in [0.15, 0.2) is 59.0 Å². The molecule has 3 unspecified atom stereocenters. The van der Waals surface area contributed by atoms with Gasteiger partial charge < -0.3 is 9.47 Å². The van der Waals surface area contributed by atoms with E-state index in [4.69, 9.17) is 9.47 Å². The number of halogens is 1. The van der Waals surface area contributed by atoms with Crippen molar-refractivity contribution in [3.05, 3.63) is 80.6 Å². The minimum absolute atomic E-state index is 0.383. The highest BCUT2D eigenvalue weighted by atomic mass is 32.2. The van der Waals surface area contributed by atoms with E-state index >= 15 is 0 Å². The van der Waals surface area contributed by atoms with E-state index in [1.54, 1.807) is 0 Å². The van der Waals surface area contributed by atoms with Crippen LogP contribution in [0.2, 0.25) is 0 Å². The van der Waals surface area contributed by atoms with Crippen LogP contribution < -0.4 is 9.47 Å². The average Bonchev–Trinajstić information content (AvgIpc) is 3.35. The molecule has 0 fully saturated rings. The number of fused-ring (bicyclic) bond motifs is 8. The molecule has 4 aliphatic rings. The Hall–Kier alpha value is -2.24. The summed E-state index contributed by atoms with van der Waals surface area (Å²) in [6.07, 6.45) is 7.08. The van der Waals surface area contributed by atoms with Gasteiger partial charge in [0.1, 0.15) is 13.2 Å². The predicted molar refractivity (Wildman–Crippen MR) is 125 cm³/mol. The van der Waals surface area contributed by atoms with E-state index in [0.29, 0.717) is 31.5 Å². The summed E-state index contributed by atoms with van der Waals surface area (Å²) in [5, 5.41) is 1.34. The zero-order valence-electron chi connectivity index (χ0n) is 16.9. The van der Waals surface area contributed by atoms with Gasteiger partial charge >= 0.3 is 0 Å². The number of hydrogen-bond acceptors (Lipinski definition) is 4. The van der Waals surface area contributed by atoms with Crippen LogP contribution >= 0.6 is 23.1 Å². The van der Waals surface area contributed by atoms with Gasteiger partial charge in [-0.05, 0) is 63.6 Å². The second-order valence-corrected chi connectivity index (χ2v) is 11.0. The molecule has 0 bridgehead atoms. The van der Waals surface area contributed by atoms with Gasteiger partial charge in [0.05, 0.1) is 0 Å². The van der Waals surface area contributed by atoms with E-state index in [1.165, 1.54) is 53.9 Å². The molecule has 0 amide bonds. The molecule has 2 nitrogen and oxygen atoms in total. The molecule has 156 valence electrons. The van der Waals surface area contributed by atoms with Gasteiger partial charge in [-0.1, -0.05) is 42.1 Å². The molecule has 31 heavy (non-hydrogen) atoms. The maximum Gasteiger partial charge on any atom is 0.161 e. The van der Waals surface area contributed by atoms with E-state index in [1.807, 2.05) is 17.4 Å². The summed E-state index contributed by atoms with van der Waals surface area (Å²) < 4.78 is 26.8. The second kappa shape index (κ2) is 6.88. The van der Waals surface area contributed by atoms with Crippen molar-refractivity contribution < 1.29 is 13.9 Å². The van der Waals surface area contributed by atoms with Crippen molar-refractivity contribution in [2.24, 2.45) is 0 Å². The molecule has 0 saturated carbocycles. The summed E-state index contributed by atoms with van der Waals surface area (Å²) in [4.78, 5) is 2.70. The van der Waals surface area contributed by atoms with Gasteiger partial charge in [0.2, 0.25) is 0 Å². The van der Waals surface area contributed by atoms with Crippen LogP contribution in [0.3, 0.4) is 0 Å². The molecule has 1 aromatic heterocycles. The number of alkyl halides is 1. The first kappa shape index (κ1) is 18.3. The van der Waals surface area contributed by atoms with E-state index in [9.17, 15) is 4.39 Å². The van der Waals surface area contributed by atoms with Crippen LogP contribution in [-0.2, 0) is 12.8 Å². The molecular formula is C26H21FO2S2. The summed E-state index contributed by atoms with van der Waals surface area (Å²) in [5.74, 6) is 2.52. The molecule has 3 aromatic rings. The fourth-order valence-electron chi connectivity index (χ4n) is 5.39. The minimum Gasteiger partial charge on any atom is -0.486 e. The third kappa shape index (κ3) is 2.82. The Morgan fingerprint density at radius 2 is 1.90 bits per heavy atom. The Morgan fingerprint density at radius 3 is 2.84 bits per heavy atom. The van der Waals surface area contributed by atoms with E-state index in [0.717, 1.165) is 24.3 Å². The van der Waals surface area contributed by atoms with Gasteiger partial charge in [0.25, 0.3) is 0 Å². The normalized spacial score (nSPS) is 25.3. The fourth-order valence-corrected chi connectivity index (χ4v) is 7.91. The molecule has 2 aromatic carbocycles. The summed E-state index contributed by atoms with van der Waals surface area (Å²) in [5.41, 5.74) is 4.62. The first-order chi connectivity index (χ1) is 15.2. The van der Waals surface area contributed by atoms with Crippen LogP contribution in [0, 0.1) is 0 Å². The fraction of sp³-hybridized carbons (Fsp3) is 0.308. The highest BCUT2D eigenvalue weighted by Gasteiger charge is 2.45. The zero-order chi connectivity index (χ0) is 20.5. The lowest BCUT2D eigenvalue weighted by Crippen LogP contribution is -2.25. The molecule has 3 atom stereocenters. The third-order valence-corrected chi connectivity index (χ3v) is 9.28. The molecule has 3 heterocycles. The first-order valence-electron chi connectivity index (χ1n) is 10.9. The molecule has 2 aliphatic heterocycles. The second-order valence-electron chi connectivity index (χ2n) is 8.66. The van der Waals surface area contributed by atoms with Gasteiger partial charge in [-0.15, -0.1) is 11.3 Å². The van der Waals surface area contributed by atoms with E-state index < -0.39 is 5.50 Å². The van der Waals surface area contributed by atoms with Crippen molar-refractivity contribution in [1.82, 2.24) is 0 Å². The molecule has 0 spiro atoms. The summed E-state index contributed by atoms with van der Waals surface area (Å²) in [6, 6.07) is 13.2. The molecule has 7 rings (SSSR count). The summed E-state index contributed by atoms with van der Waals surface area (Å²) >= 11 is 3.38. The van der Waals surface area contributed by atoms with Gasteiger partial charge in [-0.25, -0.2) is 4.39 Å². The first-order valence-corrected chi connectivity index (χ1v) is 12.6. The Morgan fingerprint density at radius 1 is 1.00 bits per heavy atom. The lowest BCUT2D eigenvalue weighted by molar-refractivity contribution is 0.171. The average molecular weight is 449 g/mol. The maximum atomic E-state index is 14.0. The van der Waals surface area contributed by atoms with Crippen LogP contribution in [0.25, 0.3) is 10.1 Å². The SMILES string of the molecule is FC1CC2=C(S1)C1c3ccc4cc(CCc5ccc6c(c5)OCCO6)sc4c3C1C=C2. The van der Waals surface area contributed by atoms with Crippen molar-refractivity contribution in [1.29, 1.82) is 0 Å². The molecular weight excluding hydrogens is 427 g/mol.